The van der Waals surface area contributed by atoms with Crippen LogP contribution in [0.15, 0.2) is 45.2 Å². The third-order valence-electron chi connectivity index (χ3n) is 5.28. The van der Waals surface area contributed by atoms with Crippen molar-refractivity contribution in [3.8, 4) is 17.0 Å². The predicted octanol–water partition coefficient (Wildman–Crippen LogP) is 3.86. The molecule has 1 aliphatic rings. The van der Waals surface area contributed by atoms with E-state index >= 15 is 0 Å². The molecule has 2 amide bonds. The van der Waals surface area contributed by atoms with E-state index < -0.39 is 21.5 Å². The highest BCUT2D eigenvalue weighted by molar-refractivity contribution is 7.93. The highest BCUT2D eigenvalue weighted by atomic mass is 32.2. The van der Waals surface area contributed by atoms with Crippen LogP contribution in [0.4, 0.5) is 10.5 Å². The molecule has 0 aliphatic heterocycles. The number of amides is 2. The van der Waals surface area contributed by atoms with Crippen molar-refractivity contribution in [2.75, 3.05) is 12.4 Å². The number of carbonyl (C=O) groups excluding carboxylic acids is 1. The molecular formula is C22H25N5O4S2. The molecule has 0 saturated carbocycles. The number of nitrogens with one attached hydrogen (secondary N) is 1. The van der Waals surface area contributed by atoms with Crippen molar-refractivity contribution in [2.24, 2.45) is 9.50 Å². The minimum atomic E-state index is -3.54. The van der Waals surface area contributed by atoms with Crippen LogP contribution in [-0.4, -0.2) is 32.4 Å². The van der Waals surface area contributed by atoms with Gasteiger partial charge < -0.3 is 15.2 Å². The molecule has 0 bridgehead atoms. The Balaban J connectivity index is 1.71. The van der Waals surface area contributed by atoms with Crippen molar-refractivity contribution in [3.63, 3.8) is 0 Å². The van der Waals surface area contributed by atoms with Gasteiger partial charge >= 0.3 is 6.03 Å². The number of urea groups is 1. The van der Waals surface area contributed by atoms with E-state index in [-0.39, 0.29) is 4.21 Å². The lowest BCUT2D eigenvalue weighted by Gasteiger charge is -2.15. The SMILES string of the molecule is COc1cc(-c2ccc3c(c2NC(=O)N=S(N)(=O)c2cnc(C(C)(C)O)s2)CCC3)ccn1. The van der Waals surface area contributed by atoms with Crippen LogP contribution in [0, 0.1) is 0 Å². The number of rotatable bonds is 5. The number of carbonyl (C=O) groups is 1. The smallest absolute Gasteiger partial charge is 0.354 e. The van der Waals surface area contributed by atoms with Crippen LogP contribution in [-0.2, 0) is 28.4 Å². The quantitative estimate of drug-likeness (QED) is 0.499. The summed E-state index contributed by atoms with van der Waals surface area (Å²) in [6.07, 6.45) is 5.62. The number of nitrogens with zero attached hydrogens (tertiary/aromatic N) is 3. The summed E-state index contributed by atoms with van der Waals surface area (Å²) in [5.74, 6) is 0.452. The molecule has 0 saturated heterocycles. The third kappa shape index (κ3) is 4.91. The number of aliphatic hydroxyl groups is 1. The molecule has 0 spiro atoms. The number of thiazole rings is 1. The first kappa shape index (κ1) is 23.3. The van der Waals surface area contributed by atoms with E-state index in [0.717, 1.165) is 52.9 Å². The number of nitrogens with two attached hydrogens (primary N) is 1. The van der Waals surface area contributed by atoms with E-state index in [9.17, 15) is 14.1 Å². The number of benzene rings is 1. The number of anilines is 1. The van der Waals surface area contributed by atoms with Gasteiger partial charge in [-0.1, -0.05) is 12.1 Å². The second-order valence-electron chi connectivity index (χ2n) is 8.20. The molecule has 9 nitrogen and oxygen atoms in total. The molecule has 1 aromatic carbocycles. The molecule has 4 rings (SSSR count). The maximum absolute atomic E-state index is 13.0. The second kappa shape index (κ2) is 8.82. The highest BCUT2D eigenvalue weighted by Gasteiger charge is 2.24. The van der Waals surface area contributed by atoms with Gasteiger partial charge in [0, 0.05) is 17.8 Å². The van der Waals surface area contributed by atoms with E-state index in [1.807, 2.05) is 12.1 Å². The van der Waals surface area contributed by atoms with Crippen molar-refractivity contribution < 1.29 is 18.8 Å². The maximum Gasteiger partial charge on any atom is 0.354 e. The number of aromatic nitrogens is 2. The summed E-state index contributed by atoms with van der Waals surface area (Å²) in [6, 6.07) is 6.79. The Bertz CT molecular complexity index is 1340. The summed E-state index contributed by atoms with van der Waals surface area (Å²) in [7, 11) is -2.00. The van der Waals surface area contributed by atoms with Crippen molar-refractivity contribution in [2.45, 2.75) is 42.9 Å². The zero-order chi connectivity index (χ0) is 23.8. The maximum atomic E-state index is 13.0. The third-order valence-corrected chi connectivity index (χ3v) is 8.47. The largest absolute Gasteiger partial charge is 0.481 e. The minimum absolute atomic E-state index is 0.118. The molecule has 33 heavy (non-hydrogen) atoms. The Kier molecular flexibility index (Phi) is 6.23. The Labute approximate surface area is 196 Å². The molecule has 4 N–H and O–H groups in total. The number of methoxy groups -OCH3 is 1. The lowest BCUT2D eigenvalue weighted by atomic mass is 9.98. The molecule has 11 heteroatoms. The van der Waals surface area contributed by atoms with E-state index in [2.05, 4.69) is 25.7 Å². The highest BCUT2D eigenvalue weighted by Crippen LogP contribution is 2.38. The van der Waals surface area contributed by atoms with Gasteiger partial charge in [-0.25, -0.2) is 24.1 Å². The fourth-order valence-electron chi connectivity index (χ4n) is 3.71. The topological polar surface area (TPSA) is 140 Å². The average Bonchev–Trinajstić information content (AvgIpc) is 3.43. The number of hydrogen-bond donors (Lipinski definition) is 3. The summed E-state index contributed by atoms with van der Waals surface area (Å²) in [5, 5.41) is 19.2. The molecule has 1 aliphatic carbocycles. The first-order valence-corrected chi connectivity index (χ1v) is 12.7. The van der Waals surface area contributed by atoms with Gasteiger partial charge in [0.1, 0.15) is 14.8 Å². The standard InChI is InChI=1S/C22H25N5O4S2/c1-22(2,29)20-25-12-18(32-20)33(23,30)27-21(28)26-19-15-6-4-5-13(15)7-8-16(19)14-9-10-24-17(11-14)31-3/h7-12,29H,4-6H2,1-3H3,(H3,23,26,27,28,30). The number of pyridine rings is 1. The van der Waals surface area contributed by atoms with Crippen LogP contribution in [0.5, 0.6) is 5.88 Å². The van der Waals surface area contributed by atoms with Crippen LogP contribution in [0.1, 0.15) is 36.4 Å². The first-order chi connectivity index (χ1) is 15.6. The lowest BCUT2D eigenvalue weighted by Crippen LogP contribution is -2.18. The van der Waals surface area contributed by atoms with Gasteiger partial charge in [0.25, 0.3) is 0 Å². The van der Waals surface area contributed by atoms with E-state index in [1.54, 1.807) is 26.1 Å². The molecular weight excluding hydrogens is 462 g/mol. The summed E-state index contributed by atoms with van der Waals surface area (Å²) in [6.45, 7) is 3.12. The number of aryl methyl sites for hydroxylation is 1. The Morgan fingerprint density at radius 1 is 1.30 bits per heavy atom. The Morgan fingerprint density at radius 3 is 2.79 bits per heavy atom. The summed E-state index contributed by atoms with van der Waals surface area (Å²) >= 11 is 0.963. The van der Waals surface area contributed by atoms with Gasteiger partial charge in [-0.2, -0.15) is 0 Å². The fourth-order valence-corrected chi connectivity index (χ4v) is 5.78. The molecule has 1 unspecified atom stereocenters. The van der Waals surface area contributed by atoms with Crippen molar-refractivity contribution in [1.82, 2.24) is 9.97 Å². The molecule has 0 fully saturated rings. The van der Waals surface area contributed by atoms with Crippen LogP contribution in [0.25, 0.3) is 11.1 Å². The van der Waals surface area contributed by atoms with E-state index in [1.165, 1.54) is 13.3 Å². The molecule has 2 heterocycles. The van der Waals surface area contributed by atoms with E-state index in [4.69, 9.17) is 9.88 Å². The first-order valence-electron chi connectivity index (χ1n) is 10.3. The molecule has 3 aromatic rings. The second-order valence-corrected chi connectivity index (χ2v) is 11.2. The normalized spacial score (nSPS) is 14.9. The number of hydrogen-bond acceptors (Lipinski definition) is 7. The van der Waals surface area contributed by atoms with E-state index in [0.29, 0.717) is 16.6 Å². The monoisotopic (exact) mass is 487 g/mol. The minimum Gasteiger partial charge on any atom is -0.481 e. The molecule has 1 atom stereocenters. The number of ether oxygens (including phenoxy) is 1. The van der Waals surface area contributed by atoms with Gasteiger partial charge in [0.15, 0.2) is 9.92 Å². The van der Waals surface area contributed by atoms with Crippen LogP contribution < -0.4 is 15.2 Å². The fraction of sp³-hybridized carbons (Fsp3) is 0.318. The van der Waals surface area contributed by atoms with Crippen LogP contribution in [0.2, 0.25) is 0 Å². The zero-order valence-electron chi connectivity index (χ0n) is 18.5. The Hall–Kier alpha value is -2.86. The molecule has 2 aromatic heterocycles. The van der Waals surface area contributed by atoms with Crippen molar-refractivity contribution in [1.29, 1.82) is 0 Å². The van der Waals surface area contributed by atoms with Crippen molar-refractivity contribution in [3.05, 3.63) is 52.8 Å². The number of fused-ring (bicyclic) bond motifs is 1. The van der Waals surface area contributed by atoms with Crippen LogP contribution >= 0.6 is 11.3 Å². The Morgan fingerprint density at radius 2 is 2.09 bits per heavy atom. The molecule has 174 valence electrons. The lowest BCUT2D eigenvalue weighted by molar-refractivity contribution is 0.0783. The van der Waals surface area contributed by atoms with Gasteiger partial charge in [-0.3, -0.25) is 0 Å². The predicted molar refractivity (Wildman–Crippen MR) is 128 cm³/mol. The summed E-state index contributed by atoms with van der Waals surface area (Å²) < 4.78 is 22.1. The van der Waals surface area contributed by atoms with Gasteiger partial charge in [-0.15, -0.1) is 15.7 Å². The van der Waals surface area contributed by atoms with Crippen molar-refractivity contribution >= 4 is 33.0 Å². The van der Waals surface area contributed by atoms with Gasteiger partial charge in [-0.05, 0) is 55.9 Å². The van der Waals surface area contributed by atoms with Gasteiger partial charge in [0.2, 0.25) is 5.88 Å². The van der Waals surface area contributed by atoms with Gasteiger partial charge in [0.05, 0.1) is 19.0 Å². The zero-order valence-corrected chi connectivity index (χ0v) is 20.1. The average molecular weight is 488 g/mol. The van der Waals surface area contributed by atoms with Crippen LogP contribution in [0.3, 0.4) is 0 Å². The summed E-state index contributed by atoms with van der Waals surface area (Å²) in [4.78, 5) is 21.1. The molecule has 0 radical (unpaired) electrons. The summed E-state index contributed by atoms with van der Waals surface area (Å²) in [5.41, 5.74) is 3.18.